The predicted octanol–water partition coefficient (Wildman–Crippen LogP) is 3.95. The highest BCUT2D eigenvalue weighted by atomic mass is 16.5. The Hall–Kier alpha value is -3.28. The van der Waals surface area contributed by atoms with Crippen LogP contribution in [-0.2, 0) is 6.42 Å². The minimum absolute atomic E-state index is 0.255. The largest absolute Gasteiger partial charge is 0.496 e. The summed E-state index contributed by atoms with van der Waals surface area (Å²) in [5.41, 5.74) is 3.32. The Labute approximate surface area is 164 Å². The standard InChI is InChI=1S/C22H24N2O4/c1-14-8-10-16(11-9-14)22-24-17(15(2)28-22)12-13-23-21(25)20-18(26-3)6-5-7-19(20)27-4/h5-11H,12-13H2,1-4H3,(H,23,25). The fourth-order valence-electron chi connectivity index (χ4n) is 2.94. The van der Waals surface area contributed by atoms with Gasteiger partial charge in [-0.15, -0.1) is 0 Å². The van der Waals surface area contributed by atoms with E-state index in [0.29, 0.717) is 35.9 Å². The molecule has 146 valence electrons. The molecule has 0 atom stereocenters. The maximum absolute atomic E-state index is 12.6. The normalized spacial score (nSPS) is 10.6. The first kappa shape index (κ1) is 19.5. The molecule has 0 unspecified atom stereocenters. The van der Waals surface area contributed by atoms with Crippen molar-refractivity contribution in [3.63, 3.8) is 0 Å². The van der Waals surface area contributed by atoms with Crippen molar-refractivity contribution < 1.29 is 18.7 Å². The van der Waals surface area contributed by atoms with Crippen LogP contribution in [0.2, 0.25) is 0 Å². The van der Waals surface area contributed by atoms with E-state index in [9.17, 15) is 4.79 Å². The van der Waals surface area contributed by atoms with Crippen molar-refractivity contribution in [2.75, 3.05) is 20.8 Å². The molecule has 1 N–H and O–H groups in total. The smallest absolute Gasteiger partial charge is 0.258 e. The number of ether oxygens (including phenoxy) is 2. The topological polar surface area (TPSA) is 73.6 Å². The number of hydrogen-bond acceptors (Lipinski definition) is 5. The fourth-order valence-corrected chi connectivity index (χ4v) is 2.94. The van der Waals surface area contributed by atoms with Gasteiger partial charge in [0.15, 0.2) is 0 Å². The van der Waals surface area contributed by atoms with Crippen LogP contribution in [0.4, 0.5) is 0 Å². The third-order valence-electron chi connectivity index (χ3n) is 4.49. The van der Waals surface area contributed by atoms with Crippen molar-refractivity contribution in [1.29, 1.82) is 0 Å². The van der Waals surface area contributed by atoms with Gasteiger partial charge in [-0.2, -0.15) is 0 Å². The van der Waals surface area contributed by atoms with Crippen LogP contribution in [0, 0.1) is 13.8 Å². The molecule has 6 nitrogen and oxygen atoms in total. The lowest BCUT2D eigenvalue weighted by molar-refractivity contribution is 0.0947. The molecule has 0 saturated carbocycles. The summed E-state index contributed by atoms with van der Waals surface area (Å²) >= 11 is 0. The molecule has 1 aromatic heterocycles. The number of carbonyl (C=O) groups is 1. The third kappa shape index (κ3) is 4.17. The summed E-state index contributed by atoms with van der Waals surface area (Å²) in [4.78, 5) is 17.2. The number of nitrogens with one attached hydrogen (secondary N) is 1. The zero-order valence-electron chi connectivity index (χ0n) is 16.5. The molecule has 1 amide bonds. The van der Waals surface area contributed by atoms with Gasteiger partial charge in [-0.25, -0.2) is 4.98 Å². The summed E-state index contributed by atoms with van der Waals surface area (Å²) in [7, 11) is 3.05. The summed E-state index contributed by atoms with van der Waals surface area (Å²) in [5.74, 6) is 2.02. The zero-order chi connectivity index (χ0) is 20.1. The van der Waals surface area contributed by atoms with Gasteiger partial charge in [0.2, 0.25) is 5.89 Å². The molecule has 0 aliphatic rings. The lowest BCUT2D eigenvalue weighted by atomic mass is 10.1. The Bertz CT molecular complexity index is 939. The van der Waals surface area contributed by atoms with Crippen molar-refractivity contribution in [3.05, 3.63) is 65.0 Å². The zero-order valence-corrected chi connectivity index (χ0v) is 16.5. The molecule has 2 aromatic carbocycles. The summed E-state index contributed by atoms with van der Waals surface area (Å²) < 4.78 is 16.4. The number of amides is 1. The van der Waals surface area contributed by atoms with E-state index in [0.717, 1.165) is 17.0 Å². The van der Waals surface area contributed by atoms with Crippen molar-refractivity contribution in [1.82, 2.24) is 10.3 Å². The summed E-state index contributed by atoms with van der Waals surface area (Å²) in [5, 5.41) is 2.90. The van der Waals surface area contributed by atoms with E-state index >= 15 is 0 Å². The van der Waals surface area contributed by atoms with Crippen LogP contribution < -0.4 is 14.8 Å². The average Bonchev–Trinajstić information content (AvgIpc) is 3.08. The molecule has 3 aromatic rings. The second-order valence-corrected chi connectivity index (χ2v) is 6.43. The number of methoxy groups -OCH3 is 2. The Balaban J connectivity index is 1.67. The molecule has 3 rings (SSSR count). The molecule has 0 fully saturated rings. The number of rotatable bonds is 7. The highest BCUT2D eigenvalue weighted by Gasteiger charge is 2.18. The first-order chi connectivity index (χ1) is 13.5. The Morgan fingerprint density at radius 2 is 1.68 bits per heavy atom. The molecule has 0 aliphatic carbocycles. The number of nitrogens with zero attached hydrogens (tertiary/aromatic N) is 1. The first-order valence-corrected chi connectivity index (χ1v) is 9.06. The van der Waals surface area contributed by atoms with E-state index in [1.807, 2.05) is 38.1 Å². The van der Waals surface area contributed by atoms with Crippen molar-refractivity contribution in [2.45, 2.75) is 20.3 Å². The Morgan fingerprint density at radius 1 is 1.04 bits per heavy atom. The van der Waals surface area contributed by atoms with Gasteiger partial charge in [0.1, 0.15) is 22.8 Å². The molecule has 28 heavy (non-hydrogen) atoms. The number of carbonyl (C=O) groups excluding carboxylic acids is 1. The van der Waals surface area contributed by atoms with Crippen LogP contribution in [0.5, 0.6) is 11.5 Å². The van der Waals surface area contributed by atoms with E-state index in [2.05, 4.69) is 10.3 Å². The number of hydrogen-bond donors (Lipinski definition) is 1. The molecule has 0 saturated heterocycles. The van der Waals surface area contributed by atoms with Gasteiger partial charge >= 0.3 is 0 Å². The third-order valence-corrected chi connectivity index (χ3v) is 4.49. The highest BCUT2D eigenvalue weighted by Crippen LogP contribution is 2.28. The van der Waals surface area contributed by atoms with E-state index in [-0.39, 0.29) is 5.91 Å². The monoisotopic (exact) mass is 380 g/mol. The van der Waals surface area contributed by atoms with E-state index < -0.39 is 0 Å². The van der Waals surface area contributed by atoms with Crippen LogP contribution in [-0.4, -0.2) is 31.7 Å². The summed E-state index contributed by atoms with van der Waals surface area (Å²) in [6.07, 6.45) is 0.560. The molecule has 1 heterocycles. The summed E-state index contributed by atoms with van der Waals surface area (Å²) in [6, 6.07) is 13.3. The fraction of sp³-hybridized carbons (Fsp3) is 0.273. The number of benzene rings is 2. The van der Waals surface area contributed by atoms with Gasteiger partial charge < -0.3 is 19.2 Å². The lowest BCUT2D eigenvalue weighted by Gasteiger charge is -2.12. The van der Waals surface area contributed by atoms with Gasteiger partial charge in [0, 0.05) is 18.5 Å². The molecule has 0 radical (unpaired) electrons. The number of aryl methyl sites for hydroxylation is 2. The molecule has 0 bridgehead atoms. The minimum atomic E-state index is -0.255. The summed E-state index contributed by atoms with van der Waals surface area (Å²) in [6.45, 7) is 4.33. The minimum Gasteiger partial charge on any atom is -0.496 e. The molecule has 0 spiro atoms. The maximum atomic E-state index is 12.6. The molecule has 6 heteroatoms. The SMILES string of the molecule is COc1cccc(OC)c1C(=O)NCCc1nc(-c2ccc(C)cc2)oc1C. The quantitative estimate of drug-likeness (QED) is 0.672. The van der Waals surface area contributed by atoms with Gasteiger partial charge in [0.25, 0.3) is 5.91 Å². The average molecular weight is 380 g/mol. The maximum Gasteiger partial charge on any atom is 0.258 e. The Morgan fingerprint density at radius 3 is 2.29 bits per heavy atom. The second-order valence-electron chi connectivity index (χ2n) is 6.43. The van der Waals surface area contributed by atoms with Crippen LogP contribution in [0.3, 0.4) is 0 Å². The van der Waals surface area contributed by atoms with Crippen LogP contribution in [0.25, 0.3) is 11.5 Å². The highest BCUT2D eigenvalue weighted by molar-refractivity contribution is 5.99. The van der Waals surface area contributed by atoms with E-state index in [1.54, 1.807) is 18.2 Å². The first-order valence-electron chi connectivity index (χ1n) is 9.06. The van der Waals surface area contributed by atoms with Gasteiger partial charge in [-0.05, 0) is 38.1 Å². The number of aromatic nitrogens is 1. The molecular formula is C22H24N2O4. The van der Waals surface area contributed by atoms with Crippen molar-refractivity contribution >= 4 is 5.91 Å². The lowest BCUT2D eigenvalue weighted by Crippen LogP contribution is -2.26. The second kappa shape index (κ2) is 8.61. The van der Waals surface area contributed by atoms with Gasteiger partial charge in [-0.1, -0.05) is 23.8 Å². The van der Waals surface area contributed by atoms with Crippen molar-refractivity contribution in [2.24, 2.45) is 0 Å². The van der Waals surface area contributed by atoms with Gasteiger partial charge in [0.05, 0.1) is 19.9 Å². The van der Waals surface area contributed by atoms with Crippen LogP contribution in [0.1, 0.15) is 27.4 Å². The predicted molar refractivity (Wildman–Crippen MR) is 107 cm³/mol. The Kier molecular flexibility index (Phi) is 5.99. The molecule has 0 aliphatic heterocycles. The van der Waals surface area contributed by atoms with Crippen LogP contribution >= 0.6 is 0 Å². The molecular weight excluding hydrogens is 356 g/mol. The van der Waals surface area contributed by atoms with E-state index in [4.69, 9.17) is 13.9 Å². The van der Waals surface area contributed by atoms with E-state index in [1.165, 1.54) is 19.8 Å². The van der Waals surface area contributed by atoms with Gasteiger partial charge in [-0.3, -0.25) is 4.79 Å². The van der Waals surface area contributed by atoms with Crippen molar-refractivity contribution in [3.8, 4) is 23.0 Å². The van der Waals surface area contributed by atoms with Crippen LogP contribution in [0.15, 0.2) is 46.9 Å². The number of oxazole rings is 1.